The number of nitrogens with zero attached hydrogens (tertiary/aromatic N) is 1. The number of methoxy groups -OCH3 is 1. The standard InChI is InChI=1S/C15H24N2O/c1-12-4-3-7-17(10-12)11-14-8-13(9-16)5-6-15(14)18-2/h5-6,8,12H,3-4,7,9-11,16H2,1-2H3. The Labute approximate surface area is 110 Å². The molecule has 0 saturated carbocycles. The minimum Gasteiger partial charge on any atom is -0.496 e. The maximum Gasteiger partial charge on any atom is 0.123 e. The van der Waals surface area contributed by atoms with Crippen LogP contribution in [0.3, 0.4) is 0 Å². The molecule has 1 aliphatic heterocycles. The Balaban J connectivity index is 2.11. The summed E-state index contributed by atoms with van der Waals surface area (Å²) in [5.41, 5.74) is 8.15. The highest BCUT2D eigenvalue weighted by Crippen LogP contribution is 2.24. The molecule has 1 aromatic rings. The highest BCUT2D eigenvalue weighted by Gasteiger charge is 2.17. The summed E-state index contributed by atoms with van der Waals surface area (Å²) in [6.07, 6.45) is 2.66. The molecular weight excluding hydrogens is 224 g/mol. The third-order valence-corrected chi connectivity index (χ3v) is 3.72. The summed E-state index contributed by atoms with van der Waals surface area (Å²) in [4.78, 5) is 2.52. The van der Waals surface area contributed by atoms with E-state index in [1.807, 2.05) is 12.1 Å². The Hall–Kier alpha value is -1.06. The van der Waals surface area contributed by atoms with Crippen LogP contribution in [-0.2, 0) is 13.1 Å². The van der Waals surface area contributed by atoms with Gasteiger partial charge in [-0.05, 0) is 43.0 Å². The van der Waals surface area contributed by atoms with Gasteiger partial charge in [-0.25, -0.2) is 0 Å². The summed E-state index contributed by atoms with van der Waals surface area (Å²) in [6.45, 7) is 6.28. The summed E-state index contributed by atoms with van der Waals surface area (Å²) >= 11 is 0. The monoisotopic (exact) mass is 248 g/mol. The molecule has 2 rings (SSSR count). The zero-order chi connectivity index (χ0) is 13.0. The van der Waals surface area contributed by atoms with E-state index in [9.17, 15) is 0 Å². The predicted molar refractivity (Wildman–Crippen MR) is 74.6 cm³/mol. The third kappa shape index (κ3) is 3.24. The number of hydrogen-bond donors (Lipinski definition) is 1. The zero-order valence-corrected chi connectivity index (χ0v) is 11.5. The number of likely N-dealkylation sites (tertiary alicyclic amines) is 1. The van der Waals surface area contributed by atoms with Gasteiger partial charge in [0.15, 0.2) is 0 Å². The molecule has 0 radical (unpaired) electrons. The molecule has 2 N–H and O–H groups in total. The number of benzene rings is 1. The van der Waals surface area contributed by atoms with Crippen LogP contribution >= 0.6 is 0 Å². The third-order valence-electron chi connectivity index (χ3n) is 3.72. The van der Waals surface area contributed by atoms with Gasteiger partial charge in [-0.2, -0.15) is 0 Å². The lowest BCUT2D eigenvalue weighted by Gasteiger charge is -2.31. The number of nitrogens with two attached hydrogens (primary N) is 1. The number of rotatable bonds is 4. The molecule has 0 bridgehead atoms. The number of piperidine rings is 1. The van der Waals surface area contributed by atoms with E-state index in [-0.39, 0.29) is 0 Å². The first-order chi connectivity index (χ1) is 8.72. The van der Waals surface area contributed by atoms with Crippen molar-refractivity contribution in [1.29, 1.82) is 0 Å². The zero-order valence-electron chi connectivity index (χ0n) is 11.5. The molecule has 0 aliphatic carbocycles. The van der Waals surface area contributed by atoms with Crippen LogP contribution in [-0.4, -0.2) is 25.1 Å². The van der Waals surface area contributed by atoms with E-state index in [0.717, 1.165) is 18.2 Å². The first-order valence-electron chi connectivity index (χ1n) is 6.81. The maximum atomic E-state index is 5.71. The normalized spacial score (nSPS) is 20.9. The largest absolute Gasteiger partial charge is 0.496 e. The minimum atomic E-state index is 0.591. The molecule has 1 aliphatic rings. The molecule has 1 fully saturated rings. The average Bonchev–Trinajstić information content (AvgIpc) is 2.38. The molecular formula is C15H24N2O. The van der Waals surface area contributed by atoms with Crippen LogP contribution in [0.4, 0.5) is 0 Å². The van der Waals surface area contributed by atoms with Gasteiger partial charge in [0.1, 0.15) is 5.75 Å². The van der Waals surface area contributed by atoms with Crippen molar-refractivity contribution in [3.05, 3.63) is 29.3 Å². The van der Waals surface area contributed by atoms with E-state index >= 15 is 0 Å². The second kappa shape index (κ2) is 6.21. The lowest BCUT2D eigenvalue weighted by molar-refractivity contribution is 0.175. The fraction of sp³-hybridized carbons (Fsp3) is 0.600. The quantitative estimate of drug-likeness (QED) is 0.889. The lowest BCUT2D eigenvalue weighted by Crippen LogP contribution is -2.33. The topological polar surface area (TPSA) is 38.5 Å². The Kier molecular flexibility index (Phi) is 4.61. The summed E-state index contributed by atoms with van der Waals surface area (Å²) in [6, 6.07) is 6.25. The summed E-state index contributed by atoms with van der Waals surface area (Å²) in [7, 11) is 1.74. The van der Waals surface area contributed by atoms with Crippen molar-refractivity contribution in [3.8, 4) is 5.75 Å². The Bertz CT molecular complexity index is 392. The van der Waals surface area contributed by atoms with Crippen LogP contribution in [0.15, 0.2) is 18.2 Å². The predicted octanol–water partition coefficient (Wildman–Crippen LogP) is 2.39. The van der Waals surface area contributed by atoms with Crippen molar-refractivity contribution in [2.45, 2.75) is 32.9 Å². The number of ether oxygens (including phenoxy) is 1. The Morgan fingerprint density at radius 2 is 2.28 bits per heavy atom. The van der Waals surface area contributed by atoms with Gasteiger partial charge >= 0.3 is 0 Å². The first-order valence-corrected chi connectivity index (χ1v) is 6.81. The molecule has 1 unspecified atom stereocenters. The second-order valence-corrected chi connectivity index (χ2v) is 5.33. The molecule has 1 atom stereocenters. The molecule has 1 aromatic carbocycles. The van der Waals surface area contributed by atoms with Crippen LogP contribution in [0.2, 0.25) is 0 Å². The summed E-state index contributed by atoms with van der Waals surface area (Å²) < 4.78 is 5.45. The molecule has 0 spiro atoms. The minimum absolute atomic E-state index is 0.591. The van der Waals surface area contributed by atoms with Crippen molar-refractivity contribution in [2.24, 2.45) is 11.7 Å². The van der Waals surface area contributed by atoms with E-state index in [1.54, 1.807) is 7.11 Å². The second-order valence-electron chi connectivity index (χ2n) is 5.33. The van der Waals surface area contributed by atoms with Crippen LogP contribution in [0.1, 0.15) is 30.9 Å². The van der Waals surface area contributed by atoms with Crippen molar-refractivity contribution >= 4 is 0 Å². The molecule has 18 heavy (non-hydrogen) atoms. The fourth-order valence-electron chi connectivity index (χ4n) is 2.75. The first kappa shape index (κ1) is 13.4. The van der Waals surface area contributed by atoms with Gasteiger partial charge in [-0.1, -0.05) is 13.0 Å². The van der Waals surface area contributed by atoms with Gasteiger partial charge in [0, 0.05) is 25.2 Å². The van der Waals surface area contributed by atoms with E-state index in [0.29, 0.717) is 6.54 Å². The van der Waals surface area contributed by atoms with Gasteiger partial charge in [0.2, 0.25) is 0 Å². The van der Waals surface area contributed by atoms with E-state index in [4.69, 9.17) is 10.5 Å². The highest BCUT2D eigenvalue weighted by atomic mass is 16.5. The molecule has 3 nitrogen and oxygen atoms in total. The molecule has 0 aromatic heterocycles. The highest BCUT2D eigenvalue weighted by molar-refractivity contribution is 5.37. The average molecular weight is 248 g/mol. The maximum absolute atomic E-state index is 5.71. The Morgan fingerprint density at radius 3 is 2.94 bits per heavy atom. The molecule has 3 heteroatoms. The fourth-order valence-corrected chi connectivity index (χ4v) is 2.75. The smallest absolute Gasteiger partial charge is 0.123 e. The van der Waals surface area contributed by atoms with Gasteiger partial charge in [-0.3, -0.25) is 4.90 Å². The van der Waals surface area contributed by atoms with Gasteiger partial charge in [0.05, 0.1) is 7.11 Å². The van der Waals surface area contributed by atoms with Crippen LogP contribution in [0.5, 0.6) is 5.75 Å². The lowest BCUT2D eigenvalue weighted by atomic mass is 9.99. The Morgan fingerprint density at radius 1 is 1.44 bits per heavy atom. The van der Waals surface area contributed by atoms with Crippen LogP contribution in [0, 0.1) is 5.92 Å². The molecule has 100 valence electrons. The van der Waals surface area contributed by atoms with E-state index in [2.05, 4.69) is 17.9 Å². The van der Waals surface area contributed by atoms with Crippen molar-refractivity contribution in [2.75, 3.05) is 20.2 Å². The van der Waals surface area contributed by atoms with Crippen LogP contribution < -0.4 is 10.5 Å². The van der Waals surface area contributed by atoms with Crippen molar-refractivity contribution in [3.63, 3.8) is 0 Å². The molecule has 0 amide bonds. The summed E-state index contributed by atoms with van der Waals surface area (Å²) in [5.74, 6) is 1.79. The van der Waals surface area contributed by atoms with E-state index < -0.39 is 0 Å². The number of hydrogen-bond acceptors (Lipinski definition) is 3. The van der Waals surface area contributed by atoms with Gasteiger partial charge in [-0.15, -0.1) is 0 Å². The van der Waals surface area contributed by atoms with Crippen molar-refractivity contribution < 1.29 is 4.74 Å². The molecule has 1 heterocycles. The van der Waals surface area contributed by atoms with Crippen LogP contribution in [0.25, 0.3) is 0 Å². The van der Waals surface area contributed by atoms with Crippen molar-refractivity contribution in [1.82, 2.24) is 4.90 Å². The van der Waals surface area contributed by atoms with Gasteiger partial charge < -0.3 is 10.5 Å². The summed E-state index contributed by atoms with van der Waals surface area (Å²) in [5, 5.41) is 0. The van der Waals surface area contributed by atoms with Gasteiger partial charge in [0.25, 0.3) is 0 Å². The van der Waals surface area contributed by atoms with E-state index in [1.165, 1.54) is 37.1 Å². The molecule has 1 saturated heterocycles. The SMILES string of the molecule is COc1ccc(CN)cc1CN1CCCC(C)C1.